The maximum absolute atomic E-state index is 13.3. The first kappa shape index (κ1) is 18.9. The van der Waals surface area contributed by atoms with E-state index in [9.17, 15) is 22.0 Å². The monoisotopic (exact) mass is 401 g/mol. The van der Waals surface area contributed by atoms with Gasteiger partial charge in [0.15, 0.2) is 11.6 Å². The average Bonchev–Trinajstić information content (AvgIpc) is 3.02. The Hall–Kier alpha value is -1.91. The zero-order valence-corrected chi connectivity index (χ0v) is 15.6. The molecule has 0 aliphatic carbocycles. The minimum atomic E-state index is -3.93. The van der Waals surface area contributed by atoms with Crippen molar-refractivity contribution >= 4 is 27.3 Å². The lowest BCUT2D eigenvalue weighted by atomic mass is 10.2. The van der Waals surface area contributed by atoms with E-state index in [2.05, 4.69) is 4.98 Å². The Morgan fingerprint density at radius 3 is 2.46 bits per heavy atom. The lowest BCUT2D eigenvalue weighted by Crippen LogP contribution is -2.50. The number of aromatic nitrogens is 1. The number of nitrogens with zero attached hydrogens (tertiary/aromatic N) is 3. The van der Waals surface area contributed by atoms with Crippen molar-refractivity contribution in [3.8, 4) is 0 Å². The molecule has 1 aliphatic rings. The van der Waals surface area contributed by atoms with Gasteiger partial charge in [-0.05, 0) is 25.1 Å². The quantitative estimate of drug-likeness (QED) is 0.784. The molecule has 1 aromatic heterocycles. The number of hydrogen-bond acceptors (Lipinski definition) is 5. The molecule has 1 aromatic carbocycles. The Balaban J connectivity index is 1.63. The van der Waals surface area contributed by atoms with Crippen molar-refractivity contribution in [2.24, 2.45) is 0 Å². The van der Waals surface area contributed by atoms with Crippen molar-refractivity contribution in [1.82, 2.24) is 14.2 Å². The molecule has 1 aliphatic heterocycles. The van der Waals surface area contributed by atoms with Gasteiger partial charge >= 0.3 is 0 Å². The number of carbonyl (C=O) groups is 1. The van der Waals surface area contributed by atoms with E-state index in [0.717, 1.165) is 17.1 Å². The van der Waals surface area contributed by atoms with Crippen LogP contribution in [0.1, 0.15) is 10.7 Å². The van der Waals surface area contributed by atoms with E-state index >= 15 is 0 Å². The lowest BCUT2D eigenvalue weighted by molar-refractivity contribution is -0.131. The molecule has 1 saturated heterocycles. The average molecular weight is 401 g/mol. The van der Waals surface area contributed by atoms with E-state index in [1.807, 2.05) is 12.3 Å². The summed E-state index contributed by atoms with van der Waals surface area (Å²) in [5.74, 6) is -2.42. The largest absolute Gasteiger partial charge is 0.340 e. The zero-order valence-electron chi connectivity index (χ0n) is 14.0. The molecular weight excluding hydrogens is 384 g/mol. The van der Waals surface area contributed by atoms with Gasteiger partial charge in [0.25, 0.3) is 0 Å². The molecule has 0 atom stereocenters. The molecule has 1 fully saturated rings. The Morgan fingerprint density at radius 1 is 1.19 bits per heavy atom. The van der Waals surface area contributed by atoms with Crippen LogP contribution < -0.4 is 0 Å². The van der Waals surface area contributed by atoms with Crippen molar-refractivity contribution in [3.63, 3.8) is 0 Å². The van der Waals surface area contributed by atoms with Crippen molar-refractivity contribution in [2.75, 3.05) is 26.2 Å². The highest BCUT2D eigenvalue weighted by Gasteiger charge is 2.30. The molecule has 3 rings (SSSR count). The van der Waals surface area contributed by atoms with Gasteiger partial charge in [0, 0.05) is 31.6 Å². The normalized spacial score (nSPS) is 16.0. The molecule has 0 bridgehead atoms. The number of carbonyl (C=O) groups excluding carboxylic acids is 1. The Bertz CT molecular complexity index is 923. The maximum atomic E-state index is 13.3. The van der Waals surface area contributed by atoms with Gasteiger partial charge in [0.2, 0.25) is 15.9 Å². The summed E-state index contributed by atoms with van der Waals surface area (Å²) in [5.41, 5.74) is 0.703. The van der Waals surface area contributed by atoms with Crippen LogP contribution in [0.4, 0.5) is 8.78 Å². The van der Waals surface area contributed by atoms with Crippen LogP contribution >= 0.6 is 11.3 Å². The second-order valence-corrected chi connectivity index (χ2v) is 8.90. The van der Waals surface area contributed by atoms with Crippen LogP contribution in [0.25, 0.3) is 0 Å². The van der Waals surface area contributed by atoms with Crippen LogP contribution in [0.15, 0.2) is 28.5 Å². The van der Waals surface area contributed by atoms with Crippen molar-refractivity contribution < 1.29 is 22.0 Å². The Morgan fingerprint density at radius 2 is 1.88 bits per heavy atom. The number of thiazole rings is 1. The molecule has 2 aromatic rings. The molecule has 1 amide bonds. The number of sulfonamides is 1. The molecule has 140 valence electrons. The first-order valence-electron chi connectivity index (χ1n) is 7.91. The fourth-order valence-electron chi connectivity index (χ4n) is 2.72. The zero-order chi connectivity index (χ0) is 18.9. The smallest absolute Gasteiger partial charge is 0.243 e. The molecule has 0 N–H and O–H groups in total. The first-order chi connectivity index (χ1) is 12.3. The van der Waals surface area contributed by atoms with E-state index in [0.29, 0.717) is 11.8 Å². The minimum Gasteiger partial charge on any atom is -0.340 e. The summed E-state index contributed by atoms with van der Waals surface area (Å²) in [7, 11) is -3.93. The van der Waals surface area contributed by atoms with Crippen LogP contribution in [0.5, 0.6) is 0 Å². The maximum Gasteiger partial charge on any atom is 0.243 e. The molecule has 26 heavy (non-hydrogen) atoms. The predicted octanol–water partition coefficient (Wildman–Crippen LogP) is 1.81. The summed E-state index contributed by atoms with van der Waals surface area (Å²) in [6.45, 7) is 2.54. The lowest BCUT2D eigenvalue weighted by Gasteiger charge is -2.34. The third-order valence-corrected chi connectivity index (χ3v) is 6.84. The van der Waals surface area contributed by atoms with E-state index in [1.54, 1.807) is 4.90 Å². The standard InChI is InChI=1S/C16H17F2N3O3S2/c1-11-19-12(10-25-11)8-16(22)20-4-6-21(7-5-20)26(23,24)13-2-3-14(17)15(18)9-13/h2-3,9-10H,4-8H2,1H3. The molecule has 0 radical (unpaired) electrons. The van der Waals surface area contributed by atoms with E-state index in [-0.39, 0.29) is 43.4 Å². The van der Waals surface area contributed by atoms with Gasteiger partial charge in [-0.25, -0.2) is 22.2 Å². The van der Waals surface area contributed by atoms with E-state index in [4.69, 9.17) is 0 Å². The van der Waals surface area contributed by atoms with E-state index < -0.39 is 21.7 Å². The van der Waals surface area contributed by atoms with Crippen LogP contribution in [0, 0.1) is 18.6 Å². The van der Waals surface area contributed by atoms with Crippen LogP contribution in [0.3, 0.4) is 0 Å². The summed E-state index contributed by atoms with van der Waals surface area (Å²) in [4.78, 5) is 17.9. The molecule has 0 unspecified atom stereocenters. The van der Waals surface area contributed by atoms with E-state index in [1.165, 1.54) is 15.6 Å². The topological polar surface area (TPSA) is 70.6 Å². The van der Waals surface area contributed by atoms with Gasteiger partial charge in [-0.3, -0.25) is 4.79 Å². The number of amides is 1. The van der Waals surface area contributed by atoms with Gasteiger partial charge in [-0.15, -0.1) is 11.3 Å². The van der Waals surface area contributed by atoms with Gasteiger partial charge < -0.3 is 4.90 Å². The highest BCUT2D eigenvalue weighted by atomic mass is 32.2. The summed E-state index contributed by atoms with van der Waals surface area (Å²) < 4.78 is 52.6. The number of halogens is 2. The van der Waals surface area contributed by atoms with Crippen LogP contribution in [-0.2, 0) is 21.2 Å². The van der Waals surface area contributed by atoms with Crippen LogP contribution in [-0.4, -0.2) is 54.7 Å². The van der Waals surface area contributed by atoms with Gasteiger partial charge in [0.1, 0.15) is 0 Å². The fourth-order valence-corrected chi connectivity index (χ4v) is 4.77. The predicted molar refractivity (Wildman–Crippen MR) is 92.3 cm³/mol. The number of piperazine rings is 1. The summed E-state index contributed by atoms with van der Waals surface area (Å²) in [6, 6.07) is 2.50. The third-order valence-electron chi connectivity index (χ3n) is 4.12. The summed E-state index contributed by atoms with van der Waals surface area (Å²) in [5, 5.41) is 2.71. The SMILES string of the molecule is Cc1nc(CC(=O)N2CCN(S(=O)(=O)c3ccc(F)c(F)c3)CC2)cs1. The van der Waals surface area contributed by atoms with Crippen molar-refractivity contribution in [2.45, 2.75) is 18.2 Å². The highest BCUT2D eigenvalue weighted by molar-refractivity contribution is 7.89. The van der Waals surface area contributed by atoms with Crippen molar-refractivity contribution in [1.29, 1.82) is 0 Å². The molecule has 2 heterocycles. The molecule has 0 spiro atoms. The first-order valence-corrected chi connectivity index (χ1v) is 10.2. The Labute approximate surface area is 154 Å². The van der Waals surface area contributed by atoms with Gasteiger partial charge in [-0.2, -0.15) is 4.31 Å². The van der Waals surface area contributed by atoms with Gasteiger partial charge in [0.05, 0.1) is 22.0 Å². The molecular formula is C16H17F2N3O3S2. The Kier molecular flexibility index (Phi) is 5.35. The third kappa shape index (κ3) is 3.92. The number of benzene rings is 1. The fraction of sp³-hybridized carbons (Fsp3) is 0.375. The van der Waals surface area contributed by atoms with Gasteiger partial charge in [-0.1, -0.05) is 0 Å². The molecule has 6 nitrogen and oxygen atoms in total. The second-order valence-electron chi connectivity index (χ2n) is 5.90. The molecule has 10 heteroatoms. The number of hydrogen-bond donors (Lipinski definition) is 0. The number of aryl methyl sites for hydroxylation is 1. The summed E-state index contributed by atoms with van der Waals surface area (Å²) in [6.07, 6.45) is 0.181. The summed E-state index contributed by atoms with van der Waals surface area (Å²) >= 11 is 1.47. The number of rotatable bonds is 4. The highest BCUT2D eigenvalue weighted by Crippen LogP contribution is 2.20. The molecule has 0 saturated carbocycles. The second kappa shape index (κ2) is 7.37. The minimum absolute atomic E-state index is 0.100. The van der Waals surface area contributed by atoms with Crippen molar-refractivity contribution in [3.05, 3.63) is 45.9 Å². The van der Waals surface area contributed by atoms with Crippen LogP contribution in [0.2, 0.25) is 0 Å².